The topological polar surface area (TPSA) is 82.1 Å². The maximum Gasteiger partial charge on any atom is 0.349 e. The summed E-state index contributed by atoms with van der Waals surface area (Å²) >= 11 is 0. The van der Waals surface area contributed by atoms with Crippen LogP contribution in [0.2, 0.25) is 0 Å². The van der Waals surface area contributed by atoms with E-state index in [9.17, 15) is 9.59 Å². The normalized spacial score (nSPS) is 17.7. The fourth-order valence-electron chi connectivity index (χ4n) is 1.91. The third-order valence-corrected chi connectivity index (χ3v) is 2.74. The Morgan fingerprint density at radius 3 is 2.50 bits per heavy atom. The molecular formula is C12H12O6. The number of ether oxygens (including phenoxy) is 3. The molecule has 1 heterocycles. The molecule has 0 saturated carbocycles. The molecule has 0 bridgehead atoms. The summed E-state index contributed by atoms with van der Waals surface area (Å²) in [6.07, 6.45) is -1.26. The van der Waals surface area contributed by atoms with E-state index in [2.05, 4.69) is 0 Å². The Hall–Kier alpha value is -2.24. The Bertz CT molecular complexity index is 508. The van der Waals surface area contributed by atoms with E-state index < -0.39 is 18.0 Å². The van der Waals surface area contributed by atoms with Gasteiger partial charge in [0.1, 0.15) is 0 Å². The fourth-order valence-corrected chi connectivity index (χ4v) is 1.91. The van der Waals surface area contributed by atoms with Gasteiger partial charge in [0, 0.05) is 5.56 Å². The smallest absolute Gasteiger partial charge is 0.349 e. The van der Waals surface area contributed by atoms with Crippen molar-refractivity contribution < 1.29 is 28.9 Å². The highest BCUT2D eigenvalue weighted by atomic mass is 16.6. The second-order valence-electron chi connectivity index (χ2n) is 3.79. The first-order valence-electron chi connectivity index (χ1n) is 5.24. The molecule has 0 saturated heterocycles. The lowest BCUT2D eigenvalue weighted by Crippen LogP contribution is -2.27. The van der Waals surface area contributed by atoms with Gasteiger partial charge in [0.15, 0.2) is 11.5 Å². The molecule has 6 nitrogen and oxygen atoms in total. The van der Waals surface area contributed by atoms with Crippen LogP contribution in [0.4, 0.5) is 0 Å². The molecule has 0 fully saturated rings. The van der Waals surface area contributed by atoms with Gasteiger partial charge >= 0.3 is 11.9 Å². The molecule has 1 aliphatic heterocycles. The van der Waals surface area contributed by atoms with Crippen molar-refractivity contribution in [3.63, 3.8) is 0 Å². The fraction of sp³-hybridized carbons (Fsp3) is 0.333. The first-order valence-corrected chi connectivity index (χ1v) is 5.24. The number of carboxylic acids is 1. The van der Waals surface area contributed by atoms with Crippen LogP contribution in [0.3, 0.4) is 0 Å². The standard InChI is InChI=1S/C12H12O6/c1-16-8-3-6-4-10(13)18-11(12(14)15)7(6)5-9(8)17-2/h3,5,11H,4H2,1-2H3,(H,14,15). The van der Waals surface area contributed by atoms with Gasteiger partial charge < -0.3 is 19.3 Å². The molecular weight excluding hydrogens is 240 g/mol. The molecule has 6 heteroatoms. The minimum absolute atomic E-state index is 0.0272. The quantitative estimate of drug-likeness (QED) is 0.806. The minimum Gasteiger partial charge on any atom is -0.493 e. The van der Waals surface area contributed by atoms with Gasteiger partial charge in [0.2, 0.25) is 6.10 Å². The first kappa shape index (κ1) is 12.2. The lowest BCUT2D eigenvalue weighted by atomic mass is 9.96. The lowest BCUT2D eigenvalue weighted by Gasteiger charge is -2.23. The van der Waals surface area contributed by atoms with E-state index in [0.29, 0.717) is 22.6 Å². The summed E-state index contributed by atoms with van der Waals surface area (Å²) in [5.41, 5.74) is 0.996. The number of cyclic esters (lactones) is 1. The van der Waals surface area contributed by atoms with Crippen molar-refractivity contribution in [2.45, 2.75) is 12.5 Å². The second-order valence-corrected chi connectivity index (χ2v) is 3.79. The zero-order valence-corrected chi connectivity index (χ0v) is 9.93. The first-order chi connectivity index (χ1) is 8.56. The molecule has 18 heavy (non-hydrogen) atoms. The van der Waals surface area contributed by atoms with Gasteiger partial charge in [0.25, 0.3) is 0 Å². The molecule has 0 aromatic heterocycles. The molecule has 1 aromatic carbocycles. The van der Waals surface area contributed by atoms with Gasteiger partial charge in [0.05, 0.1) is 20.6 Å². The molecule has 0 amide bonds. The number of hydrogen-bond acceptors (Lipinski definition) is 5. The molecule has 0 radical (unpaired) electrons. The predicted molar refractivity (Wildman–Crippen MR) is 59.7 cm³/mol. The van der Waals surface area contributed by atoms with Gasteiger partial charge in [-0.05, 0) is 17.7 Å². The number of fused-ring (bicyclic) bond motifs is 1. The molecule has 0 aliphatic carbocycles. The number of esters is 1. The van der Waals surface area contributed by atoms with Crippen molar-refractivity contribution in [1.29, 1.82) is 0 Å². The van der Waals surface area contributed by atoms with Crippen LogP contribution in [-0.4, -0.2) is 31.3 Å². The van der Waals surface area contributed by atoms with E-state index in [0.717, 1.165) is 0 Å². The average Bonchev–Trinajstić information content (AvgIpc) is 2.35. The van der Waals surface area contributed by atoms with Crippen molar-refractivity contribution in [1.82, 2.24) is 0 Å². The molecule has 0 spiro atoms. The van der Waals surface area contributed by atoms with E-state index in [1.165, 1.54) is 20.3 Å². The van der Waals surface area contributed by atoms with Crippen molar-refractivity contribution in [3.8, 4) is 11.5 Å². The van der Waals surface area contributed by atoms with E-state index in [-0.39, 0.29) is 6.42 Å². The van der Waals surface area contributed by atoms with Crippen LogP contribution in [0.5, 0.6) is 11.5 Å². The van der Waals surface area contributed by atoms with Crippen LogP contribution < -0.4 is 9.47 Å². The molecule has 1 atom stereocenters. The van der Waals surface area contributed by atoms with Gasteiger partial charge in [-0.1, -0.05) is 0 Å². The molecule has 2 rings (SSSR count). The number of carboxylic acid groups (broad SMARTS) is 1. The van der Waals surface area contributed by atoms with Crippen LogP contribution in [-0.2, 0) is 20.7 Å². The van der Waals surface area contributed by atoms with Crippen LogP contribution in [0.25, 0.3) is 0 Å². The number of aliphatic carboxylic acids is 1. The van der Waals surface area contributed by atoms with Crippen LogP contribution >= 0.6 is 0 Å². The predicted octanol–water partition coefficient (Wildman–Crippen LogP) is 0.929. The number of carbonyl (C=O) groups is 2. The van der Waals surface area contributed by atoms with E-state index in [4.69, 9.17) is 19.3 Å². The monoisotopic (exact) mass is 252 g/mol. The highest BCUT2D eigenvalue weighted by molar-refractivity contribution is 5.84. The van der Waals surface area contributed by atoms with Gasteiger partial charge in [-0.25, -0.2) is 4.79 Å². The zero-order valence-electron chi connectivity index (χ0n) is 9.93. The lowest BCUT2D eigenvalue weighted by molar-refractivity contribution is -0.165. The van der Waals surface area contributed by atoms with E-state index >= 15 is 0 Å². The third-order valence-electron chi connectivity index (χ3n) is 2.74. The highest BCUT2D eigenvalue weighted by Crippen LogP contribution is 2.37. The number of carbonyl (C=O) groups excluding carboxylic acids is 1. The Balaban J connectivity index is 2.56. The Kier molecular flexibility index (Phi) is 3.10. The van der Waals surface area contributed by atoms with Gasteiger partial charge in [-0.15, -0.1) is 0 Å². The highest BCUT2D eigenvalue weighted by Gasteiger charge is 2.33. The summed E-state index contributed by atoms with van der Waals surface area (Å²) < 4.78 is 15.0. The van der Waals surface area contributed by atoms with Gasteiger partial charge in [-0.2, -0.15) is 0 Å². The van der Waals surface area contributed by atoms with E-state index in [1.54, 1.807) is 6.07 Å². The Morgan fingerprint density at radius 2 is 1.94 bits per heavy atom. The molecule has 1 N–H and O–H groups in total. The summed E-state index contributed by atoms with van der Waals surface area (Å²) in [4.78, 5) is 22.4. The second kappa shape index (κ2) is 4.56. The summed E-state index contributed by atoms with van der Waals surface area (Å²) in [6.45, 7) is 0. The van der Waals surface area contributed by atoms with Crippen LogP contribution in [0.15, 0.2) is 12.1 Å². The van der Waals surface area contributed by atoms with Crippen molar-refractivity contribution >= 4 is 11.9 Å². The molecule has 96 valence electrons. The van der Waals surface area contributed by atoms with Gasteiger partial charge in [-0.3, -0.25) is 4.79 Å². The third kappa shape index (κ3) is 1.97. The summed E-state index contributed by atoms with van der Waals surface area (Å²) in [7, 11) is 2.93. The number of rotatable bonds is 3. The molecule has 1 unspecified atom stereocenters. The SMILES string of the molecule is COc1cc2c(cc1OC)C(C(=O)O)OC(=O)C2. The maximum absolute atomic E-state index is 11.3. The van der Waals surface area contributed by atoms with Crippen molar-refractivity contribution in [2.75, 3.05) is 14.2 Å². The number of methoxy groups -OCH3 is 2. The summed E-state index contributed by atoms with van der Waals surface area (Å²) in [6, 6.07) is 3.13. The summed E-state index contributed by atoms with van der Waals surface area (Å²) in [5.74, 6) is -0.922. The van der Waals surface area contributed by atoms with Crippen molar-refractivity contribution in [2.24, 2.45) is 0 Å². The maximum atomic E-state index is 11.3. The Morgan fingerprint density at radius 1 is 1.33 bits per heavy atom. The van der Waals surface area contributed by atoms with Crippen molar-refractivity contribution in [3.05, 3.63) is 23.3 Å². The minimum atomic E-state index is -1.29. The largest absolute Gasteiger partial charge is 0.493 e. The van der Waals surface area contributed by atoms with E-state index in [1.807, 2.05) is 0 Å². The zero-order chi connectivity index (χ0) is 13.3. The van der Waals surface area contributed by atoms with Crippen LogP contribution in [0.1, 0.15) is 17.2 Å². The van der Waals surface area contributed by atoms with Crippen LogP contribution in [0, 0.1) is 0 Å². The number of benzene rings is 1. The molecule has 1 aromatic rings. The summed E-state index contributed by atoms with van der Waals surface area (Å²) in [5, 5.41) is 9.04. The number of hydrogen-bond donors (Lipinski definition) is 1. The molecule has 1 aliphatic rings. The Labute approximate surface area is 103 Å². The average molecular weight is 252 g/mol.